The van der Waals surface area contributed by atoms with Crippen molar-refractivity contribution in [2.24, 2.45) is 0 Å². The van der Waals surface area contributed by atoms with Crippen LogP contribution in [0.3, 0.4) is 0 Å². The standard InChI is InChI=1S/C9H7ClF3NO4S/c10-6-2-1-5(19(17,18)9(11,12)13)3-7(6)14-4-8(15)16/h1-3,14H,4H2,(H,15,16). The average molecular weight is 318 g/mol. The molecule has 2 N–H and O–H groups in total. The third kappa shape index (κ3) is 3.51. The number of rotatable bonds is 4. The molecule has 0 bridgehead atoms. The summed E-state index contributed by atoms with van der Waals surface area (Å²) in [6, 6.07) is 2.26. The Bertz CT molecular complexity index is 600. The predicted octanol–water partition coefficient (Wildman–Crippen LogP) is 2.13. The van der Waals surface area contributed by atoms with E-state index in [1.54, 1.807) is 0 Å². The smallest absolute Gasteiger partial charge is 0.480 e. The molecular weight excluding hydrogens is 311 g/mol. The van der Waals surface area contributed by atoms with Crippen LogP contribution in [0.25, 0.3) is 0 Å². The summed E-state index contributed by atoms with van der Waals surface area (Å²) in [6.07, 6.45) is 0. The summed E-state index contributed by atoms with van der Waals surface area (Å²) in [6.45, 7) is -0.616. The molecule has 10 heteroatoms. The van der Waals surface area contributed by atoms with Gasteiger partial charge in [-0.3, -0.25) is 4.79 Å². The van der Waals surface area contributed by atoms with Crippen molar-refractivity contribution in [2.45, 2.75) is 10.4 Å². The van der Waals surface area contributed by atoms with Gasteiger partial charge in [0.05, 0.1) is 15.6 Å². The minimum absolute atomic E-state index is 0.0950. The van der Waals surface area contributed by atoms with E-state index < -0.39 is 32.8 Å². The summed E-state index contributed by atoms with van der Waals surface area (Å²) in [5.74, 6) is -1.28. The highest BCUT2D eigenvalue weighted by Gasteiger charge is 2.47. The second-order valence-corrected chi connectivity index (χ2v) is 5.69. The van der Waals surface area contributed by atoms with Crippen LogP contribution >= 0.6 is 11.6 Å². The van der Waals surface area contributed by atoms with Crippen LogP contribution in [0.1, 0.15) is 0 Å². The van der Waals surface area contributed by atoms with Crippen LogP contribution in [-0.4, -0.2) is 31.5 Å². The molecular formula is C9H7ClF3NO4S. The van der Waals surface area contributed by atoms with Crippen LogP contribution in [0.5, 0.6) is 0 Å². The Labute approximate surface area is 110 Å². The third-order valence-corrected chi connectivity index (χ3v) is 3.80. The molecule has 0 radical (unpaired) electrons. The second-order valence-electron chi connectivity index (χ2n) is 3.34. The molecule has 0 aromatic heterocycles. The maximum Gasteiger partial charge on any atom is 0.501 e. The Balaban J connectivity index is 3.20. The minimum atomic E-state index is -5.50. The lowest BCUT2D eigenvalue weighted by molar-refractivity contribution is -0.134. The van der Waals surface area contributed by atoms with E-state index in [0.29, 0.717) is 12.1 Å². The Hall–Kier alpha value is -1.48. The van der Waals surface area contributed by atoms with Crippen molar-refractivity contribution in [1.29, 1.82) is 0 Å². The number of nitrogens with one attached hydrogen (secondary N) is 1. The topological polar surface area (TPSA) is 83.5 Å². The molecule has 5 nitrogen and oxygen atoms in total. The van der Waals surface area contributed by atoms with E-state index in [1.807, 2.05) is 0 Å². The highest BCUT2D eigenvalue weighted by atomic mass is 35.5. The van der Waals surface area contributed by atoms with Crippen LogP contribution in [0.4, 0.5) is 18.9 Å². The SMILES string of the molecule is O=C(O)CNc1cc(S(=O)(=O)C(F)(F)F)ccc1Cl. The van der Waals surface area contributed by atoms with E-state index >= 15 is 0 Å². The van der Waals surface area contributed by atoms with Crippen molar-refractivity contribution < 1.29 is 31.5 Å². The molecule has 0 atom stereocenters. The Morgan fingerprint density at radius 2 is 1.95 bits per heavy atom. The lowest BCUT2D eigenvalue weighted by Gasteiger charge is -2.11. The molecule has 1 aromatic rings. The monoisotopic (exact) mass is 317 g/mol. The zero-order chi connectivity index (χ0) is 14.8. The molecule has 0 aliphatic rings. The van der Waals surface area contributed by atoms with Gasteiger partial charge in [-0.2, -0.15) is 13.2 Å². The number of halogens is 4. The van der Waals surface area contributed by atoms with Crippen molar-refractivity contribution in [1.82, 2.24) is 0 Å². The highest BCUT2D eigenvalue weighted by Crippen LogP contribution is 2.33. The normalized spacial score (nSPS) is 12.2. The van der Waals surface area contributed by atoms with E-state index in [0.717, 1.165) is 6.07 Å². The van der Waals surface area contributed by atoms with E-state index in [9.17, 15) is 26.4 Å². The highest BCUT2D eigenvalue weighted by molar-refractivity contribution is 7.92. The fraction of sp³-hybridized carbons (Fsp3) is 0.222. The van der Waals surface area contributed by atoms with Crippen molar-refractivity contribution in [3.8, 4) is 0 Å². The van der Waals surface area contributed by atoms with Gasteiger partial charge in [-0.25, -0.2) is 8.42 Å². The zero-order valence-corrected chi connectivity index (χ0v) is 10.6. The number of alkyl halides is 3. The first kappa shape index (κ1) is 15.6. The quantitative estimate of drug-likeness (QED) is 0.889. The molecule has 0 spiro atoms. The molecule has 106 valence electrons. The molecule has 0 aliphatic carbocycles. The molecule has 0 amide bonds. The zero-order valence-electron chi connectivity index (χ0n) is 9.03. The van der Waals surface area contributed by atoms with E-state index in [-0.39, 0.29) is 10.7 Å². The Morgan fingerprint density at radius 3 is 2.42 bits per heavy atom. The van der Waals surface area contributed by atoms with Gasteiger partial charge in [0.2, 0.25) is 0 Å². The van der Waals surface area contributed by atoms with Gasteiger partial charge < -0.3 is 10.4 Å². The molecule has 0 aliphatic heterocycles. The molecule has 19 heavy (non-hydrogen) atoms. The van der Waals surface area contributed by atoms with E-state index in [1.165, 1.54) is 0 Å². The minimum Gasteiger partial charge on any atom is -0.480 e. The number of hydrogen-bond donors (Lipinski definition) is 2. The van der Waals surface area contributed by atoms with Gasteiger partial charge in [-0.05, 0) is 18.2 Å². The van der Waals surface area contributed by atoms with Crippen molar-refractivity contribution >= 4 is 33.1 Å². The number of benzene rings is 1. The first-order chi connectivity index (χ1) is 8.55. The number of anilines is 1. The summed E-state index contributed by atoms with van der Waals surface area (Å²) < 4.78 is 59.3. The van der Waals surface area contributed by atoms with Gasteiger partial charge in [0.15, 0.2) is 0 Å². The summed E-state index contributed by atoms with van der Waals surface area (Å²) in [5, 5.41) is 10.5. The first-order valence-corrected chi connectivity index (χ1v) is 6.48. The largest absolute Gasteiger partial charge is 0.501 e. The molecule has 0 fully saturated rings. The van der Waals surface area contributed by atoms with Gasteiger partial charge in [0, 0.05) is 0 Å². The molecule has 0 heterocycles. The van der Waals surface area contributed by atoms with Crippen molar-refractivity contribution in [3.63, 3.8) is 0 Å². The fourth-order valence-electron chi connectivity index (χ4n) is 1.11. The van der Waals surface area contributed by atoms with Crippen LogP contribution < -0.4 is 5.32 Å². The van der Waals surface area contributed by atoms with Crippen LogP contribution in [0, 0.1) is 0 Å². The maximum atomic E-state index is 12.3. The maximum absolute atomic E-state index is 12.3. The molecule has 1 rings (SSSR count). The van der Waals surface area contributed by atoms with E-state index in [4.69, 9.17) is 16.7 Å². The van der Waals surface area contributed by atoms with Gasteiger partial charge in [0.1, 0.15) is 6.54 Å². The number of aliphatic carboxylic acids is 1. The first-order valence-electron chi connectivity index (χ1n) is 4.62. The summed E-state index contributed by atoms with van der Waals surface area (Å²) in [4.78, 5) is 9.30. The number of hydrogen-bond acceptors (Lipinski definition) is 4. The molecule has 0 unspecified atom stereocenters. The molecule has 1 aromatic carbocycles. The molecule has 0 saturated carbocycles. The fourth-order valence-corrected chi connectivity index (χ4v) is 2.08. The summed E-state index contributed by atoms with van der Waals surface area (Å²) in [5.41, 5.74) is -5.65. The van der Waals surface area contributed by atoms with E-state index in [2.05, 4.69) is 5.32 Å². The average Bonchev–Trinajstić information content (AvgIpc) is 2.26. The Kier molecular flexibility index (Phi) is 4.31. The van der Waals surface area contributed by atoms with Crippen molar-refractivity contribution in [2.75, 3.05) is 11.9 Å². The molecule has 0 saturated heterocycles. The Morgan fingerprint density at radius 1 is 1.37 bits per heavy atom. The number of carboxylic acids is 1. The second kappa shape index (κ2) is 5.25. The number of carboxylic acid groups (broad SMARTS) is 1. The third-order valence-electron chi connectivity index (χ3n) is 1.98. The lowest BCUT2D eigenvalue weighted by Crippen LogP contribution is -2.23. The van der Waals surface area contributed by atoms with Crippen LogP contribution in [-0.2, 0) is 14.6 Å². The number of sulfone groups is 1. The van der Waals surface area contributed by atoms with Crippen LogP contribution in [0.2, 0.25) is 5.02 Å². The lowest BCUT2D eigenvalue weighted by atomic mass is 10.3. The van der Waals surface area contributed by atoms with Crippen molar-refractivity contribution in [3.05, 3.63) is 23.2 Å². The van der Waals surface area contributed by atoms with Gasteiger partial charge >= 0.3 is 11.5 Å². The van der Waals surface area contributed by atoms with Gasteiger partial charge in [0.25, 0.3) is 9.84 Å². The van der Waals surface area contributed by atoms with Crippen LogP contribution in [0.15, 0.2) is 23.1 Å². The number of carbonyl (C=O) groups is 1. The summed E-state index contributed by atoms with van der Waals surface area (Å²) in [7, 11) is -5.50. The van der Waals surface area contributed by atoms with Gasteiger partial charge in [-0.15, -0.1) is 0 Å². The summed E-state index contributed by atoms with van der Waals surface area (Å²) >= 11 is 5.61. The predicted molar refractivity (Wildman–Crippen MR) is 60.8 cm³/mol. The van der Waals surface area contributed by atoms with Gasteiger partial charge in [-0.1, -0.05) is 11.6 Å².